The van der Waals surface area contributed by atoms with Gasteiger partial charge in [-0.25, -0.2) is 0 Å². The van der Waals surface area contributed by atoms with Crippen LogP contribution in [0.4, 0.5) is 0 Å². The zero-order valence-corrected chi connectivity index (χ0v) is 12.9. The number of aliphatic hydroxyl groups is 1. The van der Waals surface area contributed by atoms with E-state index in [0.29, 0.717) is 30.6 Å². The Morgan fingerprint density at radius 3 is 3.00 bits per heavy atom. The second-order valence-corrected chi connectivity index (χ2v) is 6.06. The molecule has 1 saturated carbocycles. The average molecular weight is 307 g/mol. The van der Waals surface area contributed by atoms with E-state index in [4.69, 9.17) is 9.84 Å². The summed E-state index contributed by atoms with van der Waals surface area (Å²) in [5.74, 6) is 5.70. The molecular formula is C16H21NO3S. The molecular weight excluding hydrogens is 286 g/mol. The van der Waals surface area contributed by atoms with Crippen LogP contribution in [0.15, 0.2) is 12.1 Å². The molecule has 2 N–H and O–H groups in total. The summed E-state index contributed by atoms with van der Waals surface area (Å²) in [6, 6.07) is 3.61. The van der Waals surface area contributed by atoms with Gasteiger partial charge < -0.3 is 15.2 Å². The number of nitrogens with one attached hydrogen (secondary N) is 1. The Labute approximate surface area is 129 Å². The topological polar surface area (TPSA) is 58.6 Å². The maximum atomic E-state index is 11.9. The number of hydrogen-bond donors (Lipinski definition) is 2. The predicted octanol–water partition coefficient (Wildman–Crippen LogP) is 2.17. The SMILES string of the molecule is O=C(NCCOC1CCCC1)c1ccc(C#CCCO)s1. The second-order valence-electron chi connectivity index (χ2n) is 4.97. The predicted molar refractivity (Wildman–Crippen MR) is 83.4 cm³/mol. The van der Waals surface area contributed by atoms with Crippen molar-refractivity contribution in [3.63, 3.8) is 0 Å². The van der Waals surface area contributed by atoms with Crippen molar-refractivity contribution in [1.82, 2.24) is 5.32 Å². The van der Waals surface area contributed by atoms with Crippen molar-refractivity contribution >= 4 is 17.2 Å². The number of carbonyl (C=O) groups excluding carboxylic acids is 1. The van der Waals surface area contributed by atoms with Crippen LogP contribution in [0.5, 0.6) is 0 Å². The summed E-state index contributed by atoms with van der Waals surface area (Å²) in [6.07, 6.45) is 5.65. The van der Waals surface area contributed by atoms with E-state index in [1.165, 1.54) is 24.2 Å². The van der Waals surface area contributed by atoms with Crippen molar-refractivity contribution in [2.75, 3.05) is 19.8 Å². The van der Waals surface area contributed by atoms with Gasteiger partial charge in [0.05, 0.1) is 29.1 Å². The Bertz CT molecular complexity index is 509. The average Bonchev–Trinajstić information content (AvgIpc) is 3.15. The lowest BCUT2D eigenvalue weighted by Gasteiger charge is -2.11. The highest BCUT2D eigenvalue weighted by molar-refractivity contribution is 7.14. The van der Waals surface area contributed by atoms with E-state index in [2.05, 4.69) is 17.2 Å². The van der Waals surface area contributed by atoms with Crippen LogP contribution in [0, 0.1) is 11.8 Å². The summed E-state index contributed by atoms with van der Waals surface area (Å²) in [7, 11) is 0. The first-order valence-corrected chi connectivity index (χ1v) is 8.20. The third-order valence-corrected chi connectivity index (χ3v) is 4.32. The quantitative estimate of drug-likeness (QED) is 0.625. The van der Waals surface area contributed by atoms with Crippen LogP contribution in [0.3, 0.4) is 0 Å². The van der Waals surface area contributed by atoms with Gasteiger partial charge in [-0.05, 0) is 25.0 Å². The number of thiophene rings is 1. The van der Waals surface area contributed by atoms with Crippen LogP contribution >= 0.6 is 11.3 Å². The lowest BCUT2D eigenvalue weighted by atomic mass is 10.3. The first kappa shape index (κ1) is 16.0. The third-order valence-electron chi connectivity index (χ3n) is 3.32. The normalized spacial score (nSPS) is 14.7. The standard InChI is InChI=1S/C16H21NO3S/c18-11-4-3-7-14-8-9-15(21-14)16(19)17-10-12-20-13-5-1-2-6-13/h8-9,13,18H,1-2,4-6,10-12H2,(H,17,19). The van der Waals surface area contributed by atoms with Crippen molar-refractivity contribution in [2.24, 2.45) is 0 Å². The van der Waals surface area contributed by atoms with Gasteiger partial charge in [0.15, 0.2) is 0 Å². The molecule has 1 aliphatic rings. The zero-order valence-electron chi connectivity index (χ0n) is 12.1. The Morgan fingerprint density at radius 1 is 1.43 bits per heavy atom. The van der Waals surface area contributed by atoms with Crippen molar-refractivity contribution in [3.05, 3.63) is 21.9 Å². The van der Waals surface area contributed by atoms with Gasteiger partial charge in [0, 0.05) is 13.0 Å². The van der Waals surface area contributed by atoms with Crippen LogP contribution < -0.4 is 5.32 Å². The van der Waals surface area contributed by atoms with Crippen molar-refractivity contribution in [3.8, 4) is 11.8 Å². The zero-order chi connectivity index (χ0) is 14.9. The smallest absolute Gasteiger partial charge is 0.261 e. The van der Waals surface area contributed by atoms with Gasteiger partial charge in [-0.15, -0.1) is 11.3 Å². The summed E-state index contributed by atoms with van der Waals surface area (Å²) in [5.41, 5.74) is 0. The number of ether oxygens (including phenoxy) is 1. The molecule has 0 aliphatic heterocycles. The van der Waals surface area contributed by atoms with E-state index in [0.717, 1.165) is 17.7 Å². The maximum Gasteiger partial charge on any atom is 0.261 e. The molecule has 2 rings (SSSR count). The van der Waals surface area contributed by atoms with E-state index in [-0.39, 0.29) is 12.5 Å². The highest BCUT2D eigenvalue weighted by Crippen LogP contribution is 2.20. The highest BCUT2D eigenvalue weighted by atomic mass is 32.1. The first-order chi connectivity index (χ1) is 10.3. The number of aliphatic hydroxyl groups excluding tert-OH is 1. The molecule has 21 heavy (non-hydrogen) atoms. The number of amides is 1. The molecule has 0 atom stereocenters. The van der Waals surface area contributed by atoms with Gasteiger partial charge in [0.25, 0.3) is 5.91 Å². The fraction of sp³-hybridized carbons (Fsp3) is 0.562. The van der Waals surface area contributed by atoms with Gasteiger partial charge in [0.2, 0.25) is 0 Å². The Morgan fingerprint density at radius 2 is 2.24 bits per heavy atom. The largest absolute Gasteiger partial charge is 0.395 e. The lowest BCUT2D eigenvalue weighted by molar-refractivity contribution is 0.0582. The molecule has 1 amide bonds. The monoisotopic (exact) mass is 307 g/mol. The van der Waals surface area contributed by atoms with Gasteiger partial charge in [-0.3, -0.25) is 4.79 Å². The first-order valence-electron chi connectivity index (χ1n) is 7.39. The summed E-state index contributed by atoms with van der Waals surface area (Å²) in [4.78, 5) is 13.4. The van der Waals surface area contributed by atoms with E-state index in [1.54, 1.807) is 6.07 Å². The lowest BCUT2D eigenvalue weighted by Crippen LogP contribution is -2.27. The van der Waals surface area contributed by atoms with E-state index in [9.17, 15) is 4.79 Å². The summed E-state index contributed by atoms with van der Waals surface area (Å²) in [5, 5.41) is 11.5. The number of rotatable bonds is 6. The molecule has 1 aromatic heterocycles. The molecule has 0 saturated heterocycles. The van der Waals surface area contributed by atoms with Gasteiger partial charge >= 0.3 is 0 Å². The van der Waals surface area contributed by atoms with Crippen LogP contribution in [0.1, 0.15) is 46.7 Å². The Balaban J connectivity index is 1.69. The molecule has 5 heteroatoms. The summed E-state index contributed by atoms with van der Waals surface area (Å²) in [6.45, 7) is 1.18. The van der Waals surface area contributed by atoms with E-state index < -0.39 is 0 Å². The van der Waals surface area contributed by atoms with Crippen molar-refractivity contribution in [2.45, 2.75) is 38.2 Å². The third kappa shape index (κ3) is 5.50. The van der Waals surface area contributed by atoms with E-state index >= 15 is 0 Å². The van der Waals surface area contributed by atoms with Crippen LogP contribution in [0.25, 0.3) is 0 Å². The maximum absolute atomic E-state index is 11.9. The van der Waals surface area contributed by atoms with Gasteiger partial charge in [0.1, 0.15) is 0 Å². The molecule has 0 unspecified atom stereocenters. The van der Waals surface area contributed by atoms with Crippen LogP contribution in [-0.4, -0.2) is 36.9 Å². The minimum absolute atomic E-state index is 0.0622. The molecule has 1 aromatic rings. The van der Waals surface area contributed by atoms with Crippen LogP contribution in [-0.2, 0) is 4.74 Å². The molecule has 4 nitrogen and oxygen atoms in total. The van der Waals surface area contributed by atoms with Gasteiger partial charge in [-0.2, -0.15) is 0 Å². The Hall–Kier alpha value is -1.35. The fourth-order valence-electron chi connectivity index (χ4n) is 2.26. The Kier molecular flexibility index (Phi) is 6.74. The second kappa shape index (κ2) is 8.83. The number of hydrogen-bond acceptors (Lipinski definition) is 4. The van der Waals surface area contributed by atoms with Crippen molar-refractivity contribution < 1.29 is 14.6 Å². The molecule has 1 fully saturated rings. The molecule has 0 spiro atoms. The molecule has 0 radical (unpaired) electrons. The molecule has 114 valence electrons. The summed E-state index contributed by atoms with van der Waals surface area (Å²) >= 11 is 1.37. The van der Waals surface area contributed by atoms with E-state index in [1.807, 2.05) is 6.07 Å². The summed E-state index contributed by atoms with van der Waals surface area (Å²) < 4.78 is 5.70. The molecule has 1 heterocycles. The molecule has 0 aromatic carbocycles. The molecule has 0 bridgehead atoms. The molecule has 1 aliphatic carbocycles. The minimum Gasteiger partial charge on any atom is -0.395 e. The fourth-order valence-corrected chi connectivity index (χ4v) is 3.06. The minimum atomic E-state index is -0.0785. The highest BCUT2D eigenvalue weighted by Gasteiger charge is 2.15. The van der Waals surface area contributed by atoms with Crippen molar-refractivity contribution in [1.29, 1.82) is 0 Å². The number of carbonyl (C=O) groups is 1. The van der Waals surface area contributed by atoms with Gasteiger partial charge in [-0.1, -0.05) is 24.7 Å². The van der Waals surface area contributed by atoms with Crippen LogP contribution in [0.2, 0.25) is 0 Å².